The van der Waals surface area contributed by atoms with Crippen LogP contribution < -0.4 is 16.4 Å². The lowest BCUT2D eigenvalue weighted by Gasteiger charge is -2.30. The second-order valence-corrected chi connectivity index (χ2v) is 5.91. The minimum Gasteiger partial charge on any atom is -0.350 e. The smallest absolute Gasteiger partial charge is 0.220 e. The monoisotopic (exact) mass is 241 g/mol. The molecule has 100 valence electrons. The summed E-state index contributed by atoms with van der Waals surface area (Å²) in [6.07, 6.45) is 3.00. The van der Waals surface area contributed by atoms with Crippen molar-refractivity contribution >= 4 is 5.91 Å². The zero-order valence-electron chi connectivity index (χ0n) is 11.4. The van der Waals surface area contributed by atoms with Gasteiger partial charge in [-0.1, -0.05) is 6.92 Å². The number of nitrogens with two attached hydrogens (primary N) is 1. The van der Waals surface area contributed by atoms with E-state index >= 15 is 0 Å². The summed E-state index contributed by atoms with van der Waals surface area (Å²) in [7, 11) is 0. The van der Waals surface area contributed by atoms with Crippen molar-refractivity contribution in [3.63, 3.8) is 0 Å². The maximum absolute atomic E-state index is 11.9. The van der Waals surface area contributed by atoms with Crippen LogP contribution in [0.5, 0.6) is 0 Å². The molecule has 17 heavy (non-hydrogen) atoms. The molecular formula is C13H27N3O. The van der Waals surface area contributed by atoms with Gasteiger partial charge in [-0.05, 0) is 51.6 Å². The predicted molar refractivity (Wildman–Crippen MR) is 70.7 cm³/mol. The molecule has 1 saturated heterocycles. The van der Waals surface area contributed by atoms with E-state index in [1.807, 2.05) is 13.8 Å². The molecule has 0 radical (unpaired) electrons. The lowest BCUT2D eigenvalue weighted by Crippen LogP contribution is -2.49. The van der Waals surface area contributed by atoms with Crippen LogP contribution in [0.2, 0.25) is 0 Å². The first-order valence-electron chi connectivity index (χ1n) is 6.66. The quantitative estimate of drug-likeness (QED) is 0.669. The Labute approximate surface area is 105 Å². The number of hydrogen-bond donors (Lipinski definition) is 3. The topological polar surface area (TPSA) is 67.2 Å². The van der Waals surface area contributed by atoms with Crippen LogP contribution in [-0.4, -0.2) is 31.1 Å². The molecule has 0 aromatic heterocycles. The molecule has 4 heteroatoms. The van der Waals surface area contributed by atoms with Gasteiger partial charge in [0.1, 0.15) is 0 Å². The van der Waals surface area contributed by atoms with E-state index in [1.54, 1.807) is 0 Å². The Hall–Kier alpha value is -0.610. The van der Waals surface area contributed by atoms with Crippen LogP contribution in [0.15, 0.2) is 0 Å². The summed E-state index contributed by atoms with van der Waals surface area (Å²) in [5.74, 6) is 1.28. The van der Waals surface area contributed by atoms with Gasteiger partial charge in [0.25, 0.3) is 0 Å². The van der Waals surface area contributed by atoms with Crippen molar-refractivity contribution in [2.45, 2.75) is 45.6 Å². The molecule has 1 heterocycles. The molecular weight excluding hydrogens is 214 g/mol. The summed E-state index contributed by atoms with van der Waals surface area (Å²) in [5.41, 5.74) is 5.32. The molecule has 0 aliphatic carbocycles. The van der Waals surface area contributed by atoms with Crippen LogP contribution in [-0.2, 0) is 4.79 Å². The van der Waals surface area contributed by atoms with Gasteiger partial charge in [-0.2, -0.15) is 0 Å². The highest BCUT2D eigenvalue weighted by atomic mass is 16.1. The number of rotatable bonds is 5. The SMILES string of the molecule is CC(CC(=O)NC(C)(C)CN)C1CCNCC1. The zero-order valence-corrected chi connectivity index (χ0v) is 11.4. The first-order valence-corrected chi connectivity index (χ1v) is 6.66. The van der Waals surface area contributed by atoms with Crippen LogP contribution in [0.3, 0.4) is 0 Å². The van der Waals surface area contributed by atoms with E-state index in [0.29, 0.717) is 24.8 Å². The highest BCUT2D eigenvalue weighted by Gasteiger charge is 2.24. The number of carbonyl (C=O) groups is 1. The molecule has 1 aliphatic rings. The Morgan fingerprint density at radius 3 is 2.59 bits per heavy atom. The molecule has 0 bridgehead atoms. The second kappa shape index (κ2) is 6.36. The number of amides is 1. The molecule has 0 spiro atoms. The van der Waals surface area contributed by atoms with Crippen LogP contribution in [0.1, 0.15) is 40.0 Å². The third-order valence-corrected chi connectivity index (χ3v) is 3.68. The minimum absolute atomic E-state index is 0.131. The fourth-order valence-electron chi connectivity index (χ4n) is 2.35. The van der Waals surface area contributed by atoms with Crippen molar-refractivity contribution in [2.24, 2.45) is 17.6 Å². The molecule has 4 N–H and O–H groups in total. The number of carbonyl (C=O) groups excluding carboxylic acids is 1. The van der Waals surface area contributed by atoms with E-state index in [9.17, 15) is 4.79 Å². The second-order valence-electron chi connectivity index (χ2n) is 5.91. The molecule has 1 aliphatic heterocycles. The fourth-order valence-corrected chi connectivity index (χ4v) is 2.35. The molecule has 0 aromatic rings. The van der Waals surface area contributed by atoms with Crippen molar-refractivity contribution in [3.8, 4) is 0 Å². The Bertz CT molecular complexity index is 247. The molecule has 1 amide bonds. The van der Waals surface area contributed by atoms with Gasteiger partial charge in [0.15, 0.2) is 0 Å². The Morgan fingerprint density at radius 1 is 1.47 bits per heavy atom. The van der Waals surface area contributed by atoms with Crippen molar-refractivity contribution in [3.05, 3.63) is 0 Å². The first kappa shape index (κ1) is 14.5. The number of hydrogen-bond acceptors (Lipinski definition) is 3. The molecule has 1 atom stereocenters. The highest BCUT2D eigenvalue weighted by Crippen LogP contribution is 2.24. The van der Waals surface area contributed by atoms with Gasteiger partial charge in [-0.3, -0.25) is 4.79 Å². The first-order chi connectivity index (χ1) is 7.94. The number of piperidine rings is 1. The van der Waals surface area contributed by atoms with Gasteiger partial charge in [0.2, 0.25) is 5.91 Å². The van der Waals surface area contributed by atoms with E-state index in [-0.39, 0.29) is 11.4 Å². The van der Waals surface area contributed by atoms with Gasteiger partial charge in [0.05, 0.1) is 0 Å². The molecule has 0 aromatic carbocycles. The fraction of sp³-hybridized carbons (Fsp3) is 0.923. The van der Waals surface area contributed by atoms with Crippen molar-refractivity contribution < 1.29 is 4.79 Å². The lowest BCUT2D eigenvalue weighted by molar-refractivity contribution is -0.123. The van der Waals surface area contributed by atoms with Gasteiger partial charge in [-0.25, -0.2) is 0 Å². The molecule has 1 fully saturated rings. The maximum atomic E-state index is 11.9. The summed E-state index contributed by atoms with van der Waals surface area (Å²) >= 11 is 0. The molecule has 1 unspecified atom stereocenters. The Balaban J connectivity index is 2.34. The van der Waals surface area contributed by atoms with E-state index in [0.717, 1.165) is 13.1 Å². The van der Waals surface area contributed by atoms with Crippen molar-refractivity contribution in [1.82, 2.24) is 10.6 Å². The van der Waals surface area contributed by atoms with E-state index in [1.165, 1.54) is 12.8 Å². The molecule has 1 rings (SSSR count). The Kier molecular flexibility index (Phi) is 5.40. The number of nitrogens with one attached hydrogen (secondary N) is 2. The van der Waals surface area contributed by atoms with Gasteiger partial charge in [0, 0.05) is 18.5 Å². The van der Waals surface area contributed by atoms with Crippen LogP contribution in [0, 0.1) is 11.8 Å². The summed E-state index contributed by atoms with van der Waals surface area (Å²) in [6, 6.07) is 0. The minimum atomic E-state index is -0.287. The van der Waals surface area contributed by atoms with Crippen molar-refractivity contribution in [2.75, 3.05) is 19.6 Å². The summed E-state index contributed by atoms with van der Waals surface area (Å²) in [4.78, 5) is 11.9. The zero-order chi connectivity index (χ0) is 12.9. The predicted octanol–water partition coefficient (Wildman–Crippen LogP) is 0.866. The maximum Gasteiger partial charge on any atom is 0.220 e. The van der Waals surface area contributed by atoms with E-state index in [2.05, 4.69) is 17.6 Å². The largest absolute Gasteiger partial charge is 0.350 e. The van der Waals surface area contributed by atoms with Gasteiger partial charge in [-0.15, -0.1) is 0 Å². The van der Waals surface area contributed by atoms with Crippen LogP contribution in [0.4, 0.5) is 0 Å². The standard InChI is InChI=1S/C13H27N3O/c1-10(11-4-6-15-7-5-11)8-12(17)16-13(2,3)9-14/h10-11,15H,4-9,14H2,1-3H3,(H,16,17). The average molecular weight is 241 g/mol. The van der Waals surface area contributed by atoms with Crippen LogP contribution in [0.25, 0.3) is 0 Å². The van der Waals surface area contributed by atoms with E-state index < -0.39 is 0 Å². The third-order valence-electron chi connectivity index (χ3n) is 3.68. The van der Waals surface area contributed by atoms with Crippen molar-refractivity contribution in [1.29, 1.82) is 0 Å². The summed E-state index contributed by atoms with van der Waals surface area (Å²) in [6.45, 7) is 8.75. The average Bonchev–Trinajstić information content (AvgIpc) is 2.29. The summed E-state index contributed by atoms with van der Waals surface area (Å²) in [5, 5.41) is 6.35. The van der Waals surface area contributed by atoms with Gasteiger partial charge < -0.3 is 16.4 Å². The van der Waals surface area contributed by atoms with Gasteiger partial charge >= 0.3 is 0 Å². The lowest BCUT2D eigenvalue weighted by atomic mass is 9.84. The third kappa shape index (κ3) is 5.04. The van der Waals surface area contributed by atoms with Crippen LogP contribution >= 0.6 is 0 Å². The molecule has 4 nitrogen and oxygen atoms in total. The Morgan fingerprint density at radius 2 is 2.06 bits per heavy atom. The molecule has 0 saturated carbocycles. The summed E-state index contributed by atoms with van der Waals surface area (Å²) < 4.78 is 0. The van der Waals surface area contributed by atoms with E-state index in [4.69, 9.17) is 5.73 Å². The normalized spacial score (nSPS) is 20.0. The highest BCUT2D eigenvalue weighted by molar-refractivity contribution is 5.77.